The molecule has 1 N–H and O–H groups in total. The van der Waals surface area contributed by atoms with Gasteiger partial charge in [0, 0.05) is 12.8 Å². The second-order valence-corrected chi connectivity index (χ2v) is 12.3. The van der Waals surface area contributed by atoms with E-state index in [0.717, 1.165) is 0 Å². The molecule has 4 saturated carbocycles. The van der Waals surface area contributed by atoms with Crippen molar-refractivity contribution in [3.05, 3.63) is 0 Å². The number of rotatable bonds is 2. The molecule has 48 heavy (non-hydrogen) atoms. The fraction of sp³-hybridized carbons (Fsp3) is 1.00. The van der Waals surface area contributed by atoms with E-state index in [2.05, 4.69) is 0 Å². The maximum Gasteiger partial charge on any atom is 0.376 e. The molecule has 4 rings (SSSR count). The van der Waals surface area contributed by atoms with Gasteiger partial charge in [0.05, 0.1) is 0 Å². The van der Waals surface area contributed by atoms with Gasteiger partial charge < -0.3 is 5.11 Å². The molecule has 284 valence electrons. The largest absolute Gasteiger partial charge is 0.376 e. The molecule has 1 nitrogen and oxygen atoms in total. The molecule has 0 aromatic heterocycles. The van der Waals surface area contributed by atoms with Crippen molar-refractivity contribution < 1.29 is 115 Å². The van der Waals surface area contributed by atoms with Crippen LogP contribution in [0.5, 0.6) is 0 Å². The summed E-state index contributed by atoms with van der Waals surface area (Å²) in [7, 11) is 0. The molecule has 0 spiro atoms. The summed E-state index contributed by atoms with van der Waals surface area (Å²) in [6.07, 6.45) is -5.95. The number of alkyl halides is 25. The van der Waals surface area contributed by atoms with Gasteiger partial charge in [-0.1, -0.05) is 0 Å². The molecule has 0 heterocycles. The van der Waals surface area contributed by atoms with E-state index >= 15 is 0 Å². The molecule has 0 saturated heterocycles. The van der Waals surface area contributed by atoms with Gasteiger partial charge in [-0.25, -0.2) is 43.9 Å². The molecule has 0 aromatic rings. The zero-order valence-electron chi connectivity index (χ0n) is 22.7. The van der Waals surface area contributed by atoms with Crippen LogP contribution >= 0.6 is 0 Å². The van der Waals surface area contributed by atoms with Crippen LogP contribution in [0.3, 0.4) is 0 Å². The average Bonchev–Trinajstić information content (AvgIpc) is 2.92. The Morgan fingerprint density at radius 3 is 0.917 bits per heavy atom. The number of hydrogen-bond donors (Lipinski definition) is 1. The van der Waals surface area contributed by atoms with Crippen molar-refractivity contribution in [2.75, 3.05) is 13.3 Å². The number of aliphatic hydroxyl groups is 1. The van der Waals surface area contributed by atoms with Gasteiger partial charge in [0.1, 0.15) is 24.2 Å². The fourth-order valence-electron chi connectivity index (χ4n) is 6.56. The predicted molar refractivity (Wildman–Crippen MR) is 103 cm³/mol. The Labute approximate surface area is 248 Å². The summed E-state index contributed by atoms with van der Waals surface area (Å²) in [6, 6.07) is 0. The third-order valence-corrected chi connectivity index (χ3v) is 9.81. The summed E-state index contributed by atoms with van der Waals surface area (Å²) >= 11 is 0. The van der Waals surface area contributed by atoms with Gasteiger partial charge in [-0.15, -0.1) is 0 Å². The van der Waals surface area contributed by atoms with Gasteiger partial charge in [-0.2, -0.15) is 65.9 Å². The molecular weight excluding hydrogens is 755 g/mol. The Bertz CT molecular complexity index is 1220. The molecular formula is C22H15F25O. The zero-order valence-corrected chi connectivity index (χ0v) is 22.7. The molecule has 0 radical (unpaired) electrons. The minimum Gasteiger partial charge on any atom is -0.352 e. The third kappa shape index (κ3) is 3.22. The van der Waals surface area contributed by atoms with Crippen molar-refractivity contribution in [3.8, 4) is 0 Å². The average molecular weight is 770 g/mol. The first-order chi connectivity index (χ1) is 20.5. The molecule has 7 unspecified atom stereocenters. The second kappa shape index (κ2) is 9.16. The summed E-state index contributed by atoms with van der Waals surface area (Å²) in [5, 5.41) is 8.68. The Hall–Kier alpha value is -1.79. The zero-order chi connectivity index (χ0) is 38.8. The number of fused-ring (bicyclic) bond motifs is 4. The normalized spacial score (nSPS) is 49.2. The van der Waals surface area contributed by atoms with E-state index in [1.165, 1.54) is 0 Å². The quantitative estimate of drug-likeness (QED) is 0.278. The third-order valence-electron chi connectivity index (χ3n) is 9.81. The lowest BCUT2D eigenvalue weighted by atomic mass is 9.49. The van der Waals surface area contributed by atoms with E-state index in [4.69, 9.17) is 5.11 Å². The Morgan fingerprint density at radius 1 is 0.354 bits per heavy atom. The topological polar surface area (TPSA) is 20.2 Å². The highest BCUT2D eigenvalue weighted by molar-refractivity contribution is 5.38. The summed E-state index contributed by atoms with van der Waals surface area (Å²) < 4.78 is 343. The predicted octanol–water partition coefficient (Wildman–Crippen LogP) is 8.97. The van der Waals surface area contributed by atoms with Crippen LogP contribution < -0.4 is 0 Å². The highest BCUT2D eigenvalue weighted by Gasteiger charge is 3.07. The highest BCUT2D eigenvalue weighted by atomic mass is 19.4. The van der Waals surface area contributed by atoms with Crippen molar-refractivity contribution >= 4 is 0 Å². The second-order valence-electron chi connectivity index (χ2n) is 12.3. The van der Waals surface area contributed by atoms with Crippen LogP contribution in [0.4, 0.5) is 110 Å². The highest BCUT2D eigenvalue weighted by Crippen LogP contribution is 2.81. The molecule has 0 aromatic carbocycles. The molecule has 7 atom stereocenters. The first-order valence-corrected chi connectivity index (χ1v) is 12.2. The van der Waals surface area contributed by atoms with Gasteiger partial charge in [0.2, 0.25) is 11.3 Å². The van der Waals surface area contributed by atoms with Gasteiger partial charge in [-0.3, -0.25) is 0 Å². The van der Waals surface area contributed by atoms with Crippen LogP contribution in [0.25, 0.3) is 0 Å². The fourth-order valence-corrected chi connectivity index (χ4v) is 6.56. The van der Waals surface area contributed by atoms with Crippen molar-refractivity contribution in [1.82, 2.24) is 0 Å². The van der Waals surface area contributed by atoms with Gasteiger partial charge in [-0.05, 0) is 13.8 Å². The lowest BCUT2D eigenvalue weighted by Crippen LogP contribution is -2.92. The van der Waals surface area contributed by atoms with Gasteiger partial charge in [0.25, 0.3) is 0 Å². The molecule has 4 bridgehead atoms. The maximum absolute atomic E-state index is 14.3. The number of hydrogen-bond acceptors (Lipinski definition) is 1. The van der Waals surface area contributed by atoms with Crippen LogP contribution in [0.15, 0.2) is 0 Å². The first kappa shape index (κ1) is 40.6. The minimum atomic E-state index is -7.41. The van der Waals surface area contributed by atoms with Crippen molar-refractivity contribution in [1.29, 1.82) is 0 Å². The lowest BCUT2D eigenvalue weighted by molar-refractivity contribution is -0.527. The maximum atomic E-state index is 14.3. The molecule has 0 aliphatic heterocycles. The molecule has 4 aliphatic rings. The van der Waals surface area contributed by atoms with Crippen LogP contribution in [0.2, 0.25) is 0 Å². The van der Waals surface area contributed by atoms with Crippen LogP contribution in [-0.4, -0.2) is 100 Å². The minimum absolute atomic E-state index is 0.583. The van der Waals surface area contributed by atoms with Crippen LogP contribution in [0, 0.1) is 10.8 Å². The van der Waals surface area contributed by atoms with Crippen LogP contribution in [-0.2, 0) is 0 Å². The van der Waals surface area contributed by atoms with Crippen molar-refractivity contribution in [3.63, 3.8) is 0 Å². The molecule has 26 heteroatoms. The summed E-state index contributed by atoms with van der Waals surface area (Å²) in [6.45, 7) is -7.46. The van der Waals surface area contributed by atoms with E-state index in [0.29, 0.717) is 0 Å². The van der Waals surface area contributed by atoms with Gasteiger partial charge >= 0.3 is 70.5 Å². The van der Waals surface area contributed by atoms with E-state index in [1.807, 2.05) is 0 Å². The molecule has 4 fully saturated rings. The molecule has 4 aliphatic carbocycles. The number of halogens is 25. The van der Waals surface area contributed by atoms with E-state index in [-0.39, 0.29) is 0 Å². The Kier molecular flexibility index (Phi) is 7.76. The lowest BCUT2D eigenvalue weighted by Gasteiger charge is -2.65. The van der Waals surface area contributed by atoms with Crippen molar-refractivity contribution in [2.45, 2.75) is 109 Å². The van der Waals surface area contributed by atoms with E-state index in [1.54, 1.807) is 0 Å². The first-order valence-electron chi connectivity index (χ1n) is 12.2. The standard InChI is InChI=1S/C11H7F13.C11H8F12O/c2*1-4-2-5(13,3-12)9(19,20)6(14,7(4,15)16)10(21,22)11(23,24)8(4,17)18/h2-3H2,1H3;24H,2-3H2,1H3. The van der Waals surface area contributed by atoms with E-state index in [9.17, 15) is 110 Å². The Balaban J connectivity index is 0.000000260. The summed E-state index contributed by atoms with van der Waals surface area (Å²) in [4.78, 5) is 0. The van der Waals surface area contributed by atoms with E-state index < -0.39 is 133 Å². The molecule has 0 amide bonds. The smallest absolute Gasteiger partial charge is 0.352 e. The summed E-state index contributed by atoms with van der Waals surface area (Å²) in [5.41, 5.74) is -34.5. The Morgan fingerprint density at radius 2 is 0.625 bits per heavy atom. The SMILES string of the molecule is CC12CC(F)(CF)C(F)(F)C(F)(C(F)(F)C(F)(F)C1(F)F)C2(F)F.CC12CC(F)(CF)C(F)(F)C(F)(C(F)(F)C(O)(F)C1(F)F)C2(F)F. The monoisotopic (exact) mass is 770 g/mol. The van der Waals surface area contributed by atoms with Gasteiger partial charge in [0.15, 0.2) is 0 Å². The summed E-state index contributed by atoms with van der Waals surface area (Å²) in [5.74, 6) is -67.4. The van der Waals surface area contributed by atoms with Crippen LogP contribution in [0.1, 0.15) is 26.7 Å². The van der Waals surface area contributed by atoms with Crippen molar-refractivity contribution in [2.24, 2.45) is 10.8 Å².